The van der Waals surface area contributed by atoms with E-state index in [2.05, 4.69) is 20.6 Å². The van der Waals surface area contributed by atoms with Gasteiger partial charge in [0.05, 0.1) is 10.6 Å². The number of pyridine rings is 2. The number of hydrogen-bond acceptors (Lipinski definition) is 7. The number of piperidine rings is 1. The lowest BCUT2D eigenvalue weighted by atomic mass is 9.92. The third-order valence-corrected chi connectivity index (χ3v) is 6.69. The van der Waals surface area contributed by atoms with Crippen LogP contribution in [0.25, 0.3) is 0 Å². The van der Waals surface area contributed by atoms with Gasteiger partial charge in [0, 0.05) is 48.7 Å². The Morgan fingerprint density at radius 2 is 1.85 bits per heavy atom. The van der Waals surface area contributed by atoms with Gasteiger partial charge in [0.25, 0.3) is 5.91 Å². The highest BCUT2D eigenvalue weighted by Gasteiger charge is 2.26. The van der Waals surface area contributed by atoms with Crippen LogP contribution < -0.4 is 15.5 Å². The van der Waals surface area contributed by atoms with Gasteiger partial charge in [-0.25, -0.2) is 13.4 Å². The molecule has 1 saturated heterocycles. The molecule has 9 nitrogen and oxygen atoms in total. The Bertz CT molecular complexity index is 1170. The van der Waals surface area contributed by atoms with Crippen molar-refractivity contribution in [3.63, 3.8) is 0 Å². The van der Waals surface area contributed by atoms with Crippen molar-refractivity contribution < 1.29 is 18.0 Å². The Kier molecular flexibility index (Phi) is 7.82. The fourth-order valence-corrected chi connectivity index (χ4v) is 4.52. The maximum Gasteiger partial charge on any atom is 0.274 e. The van der Waals surface area contributed by atoms with Crippen molar-refractivity contribution in [2.45, 2.75) is 50.5 Å². The van der Waals surface area contributed by atoms with Gasteiger partial charge in [0.15, 0.2) is 15.7 Å². The number of carbonyl (C=O) groups excluding carboxylic acids is 2. The number of nitrogens with one attached hydrogen (secondary N) is 2. The molecule has 3 rings (SSSR count). The predicted molar refractivity (Wildman–Crippen MR) is 132 cm³/mol. The molecule has 0 radical (unpaired) electrons. The monoisotopic (exact) mass is 507 g/mol. The lowest BCUT2D eigenvalue weighted by Crippen LogP contribution is -2.42. The van der Waals surface area contributed by atoms with Gasteiger partial charge in [-0.05, 0) is 57.7 Å². The summed E-state index contributed by atoms with van der Waals surface area (Å²) in [6.07, 6.45) is 5.80. The molecule has 1 fully saturated rings. The molecule has 2 amide bonds. The van der Waals surface area contributed by atoms with Crippen molar-refractivity contribution in [2.24, 2.45) is 5.92 Å². The Morgan fingerprint density at radius 1 is 1.18 bits per heavy atom. The standard InChI is InChI=1S/C23H30ClN5O4S/c1-23(2,3)28-20(30)11-15-6-9-29(10-7-15)21-18(13-17(14-26-21)34(4,32)33)27-22(31)19-12-16(24)5-8-25-19/h5,8,12-15H,6-7,9-11H2,1-4H3,(H,27,31)(H,28,30). The average molecular weight is 508 g/mol. The minimum atomic E-state index is -3.53. The van der Waals surface area contributed by atoms with E-state index in [0.717, 1.165) is 19.1 Å². The summed E-state index contributed by atoms with van der Waals surface area (Å²) in [7, 11) is -3.53. The Labute approximate surface area is 205 Å². The lowest BCUT2D eigenvalue weighted by Gasteiger charge is -2.34. The lowest BCUT2D eigenvalue weighted by molar-refractivity contribution is -0.123. The molecule has 0 atom stereocenters. The number of carbonyl (C=O) groups is 2. The van der Waals surface area contributed by atoms with E-state index in [-0.39, 0.29) is 33.6 Å². The molecule has 0 saturated carbocycles. The minimum Gasteiger partial charge on any atom is -0.355 e. The van der Waals surface area contributed by atoms with Gasteiger partial charge >= 0.3 is 0 Å². The summed E-state index contributed by atoms with van der Waals surface area (Å²) < 4.78 is 24.2. The number of amides is 2. The number of hydrogen-bond donors (Lipinski definition) is 2. The van der Waals surface area contributed by atoms with Crippen LogP contribution in [0.1, 0.15) is 50.5 Å². The molecule has 0 bridgehead atoms. The highest BCUT2D eigenvalue weighted by atomic mass is 35.5. The molecule has 2 aromatic rings. The zero-order valence-corrected chi connectivity index (χ0v) is 21.3. The summed E-state index contributed by atoms with van der Waals surface area (Å²) in [5.74, 6) is 0.219. The van der Waals surface area contributed by atoms with Gasteiger partial charge in [-0.3, -0.25) is 14.6 Å². The number of sulfone groups is 1. The fourth-order valence-electron chi connectivity index (χ4n) is 3.78. The SMILES string of the molecule is CC(C)(C)NC(=O)CC1CCN(c2ncc(S(C)(=O)=O)cc2NC(=O)c2cc(Cl)ccn2)CC1. The summed E-state index contributed by atoms with van der Waals surface area (Å²) >= 11 is 5.97. The number of halogens is 1. The second-order valence-electron chi connectivity index (χ2n) is 9.56. The molecule has 0 unspecified atom stereocenters. The van der Waals surface area contributed by atoms with Gasteiger partial charge in [0.1, 0.15) is 5.69 Å². The molecule has 184 valence electrons. The van der Waals surface area contributed by atoms with E-state index in [1.165, 1.54) is 24.5 Å². The van der Waals surface area contributed by atoms with Crippen LogP contribution in [0.4, 0.5) is 11.5 Å². The molecule has 2 N–H and O–H groups in total. The van der Waals surface area contributed by atoms with Crippen molar-refractivity contribution >= 4 is 44.8 Å². The molecule has 3 heterocycles. The van der Waals surface area contributed by atoms with Gasteiger partial charge in [0.2, 0.25) is 5.91 Å². The van der Waals surface area contributed by atoms with E-state index < -0.39 is 15.7 Å². The molecule has 11 heteroatoms. The van der Waals surface area contributed by atoms with Gasteiger partial charge < -0.3 is 15.5 Å². The van der Waals surface area contributed by atoms with Gasteiger partial charge in [-0.1, -0.05) is 11.6 Å². The summed E-state index contributed by atoms with van der Waals surface area (Å²) in [4.78, 5) is 35.5. The van der Waals surface area contributed by atoms with Gasteiger partial charge in [-0.2, -0.15) is 0 Å². The molecule has 1 aliphatic heterocycles. The molecular formula is C23H30ClN5O4S. The summed E-state index contributed by atoms with van der Waals surface area (Å²) in [6.45, 7) is 7.10. The van der Waals surface area contributed by atoms with Crippen LogP contribution in [-0.2, 0) is 14.6 Å². The van der Waals surface area contributed by atoms with Crippen LogP contribution in [0, 0.1) is 5.92 Å². The Balaban J connectivity index is 1.77. The van der Waals surface area contributed by atoms with Gasteiger partial charge in [-0.15, -0.1) is 0 Å². The number of aromatic nitrogens is 2. The molecule has 0 aliphatic carbocycles. The number of anilines is 2. The van der Waals surface area contributed by atoms with E-state index in [1.807, 2.05) is 25.7 Å². The predicted octanol–water partition coefficient (Wildman–Crippen LogP) is 3.31. The minimum absolute atomic E-state index is 0.000611. The maximum atomic E-state index is 12.8. The van der Waals surface area contributed by atoms with Crippen molar-refractivity contribution in [1.82, 2.24) is 15.3 Å². The molecular weight excluding hydrogens is 478 g/mol. The summed E-state index contributed by atoms with van der Waals surface area (Å²) in [6, 6.07) is 4.39. The fraction of sp³-hybridized carbons (Fsp3) is 0.478. The molecule has 1 aliphatic rings. The molecule has 34 heavy (non-hydrogen) atoms. The summed E-state index contributed by atoms with van der Waals surface area (Å²) in [5, 5.41) is 6.10. The third-order valence-electron chi connectivity index (χ3n) is 5.38. The van der Waals surface area contributed by atoms with E-state index >= 15 is 0 Å². The average Bonchev–Trinajstić information content (AvgIpc) is 2.72. The van der Waals surface area contributed by atoms with Crippen LogP contribution in [0.15, 0.2) is 35.5 Å². The maximum absolute atomic E-state index is 12.8. The van der Waals surface area contributed by atoms with Crippen LogP contribution in [0.2, 0.25) is 5.02 Å². The van der Waals surface area contributed by atoms with E-state index in [4.69, 9.17) is 11.6 Å². The van der Waals surface area contributed by atoms with Crippen molar-refractivity contribution in [1.29, 1.82) is 0 Å². The van der Waals surface area contributed by atoms with Crippen LogP contribution in [-0.4, -0.2) is 55.1 Å². The first-order chi connectivity index (χ1) is 15.8. The second kappa shape index (κ2) is 10.3. The zero-order chi connectivity index (χ0) is 25.1. The number of rotatable bonds is 6. The van der Waals surface area contributed by atoms with Crippen molar-refractivity contribution in [2.75, 3.05) is 29.6 Å². The van der Waals surface area contributed by atoms with Crippen molar-refractivity contribution in [3.05, 3.63) is 41.3 Å². The second-order valence-corrected chi connectivity index (χ2v) is 12.0. The first-order valence-corrected chi connectivity index (χ1v) is 13.3. The van der Waals surface area contributed by atoms with Crippen LogP contribution >= 0.6 is 11.6 Å². The first kappa shape index (κ1) is 25.9. The van der Waals surface area contributed by atoms with Crippen molar-refractivity contribution in [3.8, 4) is 0 Å². The molecule has 0 aromatic carbocycles. The zero-order valence-electron chi connectivity index (χ0n) is 19.8. The molecule has 2 aromatic heterocycles. The molecule has 0 spiro atoms. The quantitative estimate of drug-likeness (QED) is 0.615. The summed E-state index contributed by atoms with van der Waals surface area (Å²) in [5.41, 5.74) is 0.110. The topological polar surface area (TPSA) is 121 Å². The Hall–Kier alpha value is -2.72. The van der Waals surface area contributed by atoms with Crippen LogP contribution in [0.3, 0.4) is 0 Å². The first-order valence-electron chi connectivity index (χ1n) is 11.0. The van der Waals surface area contributed by atoms with E-state index in [1.54, 1.807) is 6.07 Å². The van der Waals surface area contributed by atoms with Crippen LogP contribution in [0.5, 0.6) is 0 Å². The highest BCUT2D eigenvalue weighted by Crippen LogP contribution is 2.31. The van der Waals surface area contributed by atoms with E-state index in [0.29, 0.717) is 30.4 Å². The Morgan fingerprint density at radius 3 is 2.44 bits per heavy atom. The largest absolute Gasteiger partial charge is 0.355 e. The third kappa shape index (κ3) is 7.14. The smallest absolute Gasteiger partial charge is 0.274 e. The normalized spacial score (nSPS) is 15.1. The van der Waals surface area contributed by atoms with E-state index in [9.17, 15) is 18.0 Å². The number of nitrogens with zero attached hydrogens (tertiary/aromatic N) is 3. The highest BCUT2D eigenvalue weighted by molar-refractivity contribution is 7.90.